The number of hydrogen-bond acceptors (Lipinski definition) is 2. The van der Waals surface area contributed by atoms with Crippen molar-refractivity contribution >= 4 is 10.9 Å². The van der Waals surface area contributed by atoms with E-state index < -0.39 is 0 Å². The molecule has 1 saturated heterocycles. The minimum atomic E-state index is 0.391. The third-order valence-electron chi connectivity index (χ3n) is 4.24. The Bertz CT molecular complexity index is 582. The van der Waals surface area contributed by atoms with E-state index in [-0.39, 0.29) is 0 Å². The van der Waals surface area contributed by atoms with Gasteiger partial charge in [-0.3, -0.25) is 0 Å². The van der Waals surface area contributed by atoms with Crippen LogP contribution in [0.2, 0.25) is 0 Å². The molecule has 21 heavy (non-hydrogen) atoms. The Morgan fingerprint density at radius 3 is 2.95 bits per heavy atom. The van der Waals surface area contributed by atoms with Crippen LogP contribution in [0.5, 0.6) is 0 Å². The molecule has 3 rings (SSSR count). The molecule has 1 aliphatic rings. The highest BCUT2D eigenvalue weighted by Crippen LogP contribution is 2.24. The largest absolute Gasteiger partial charge is 0.376 e. The second kappa shape index (κ2) is 6.63. The number of para-hydroxylation sites is 1. The van der Waals surface area contributed by atoms with Gasteiger partial charge in [0, 0.05) is 36.3 Å². The van der Waals surface area contributed by atoms with Gasteiger partial charge in [0.05, 0.1) is 6.10 Å². The van der Waals surface area contributed by atoms with Gasteiger partial charge in [-0.05, 0) is 37.4 Å². The van der Waals surface area contributed by atoms with E-state index in [0.717, 1.165) is 26.1 Å². The molecule has 0 aliphatic carbocycles. The molecule has 2 heterocycles. The summed E-state index contributed by atoms with van der Waals surface area (Å²) in [6.45, 7) is 7.33. The fraction of sp³-hybridized carbons (Fsp3) is 0.556. The van der Waals surface area contributed by atoms with Crippen LogP contribution < -0.4 is 5.32 Å². The average Bonchev–Trinajstić information content (AvgIpc) is 3.09. The van der Waals surface area contributed by atoms with E-state index in [9.17, 15) is 0 Å². The summed E-state index contributed by atoms with van der Waals surface area (Å²) in [7, 11) is 0. The van der Waals surface area contributed by atoms with E-state index in [4.69, 9.17) is 4.74 Å². The molecule has 1 fully saturated rings. The lowest BCUT2D eigenvalue weighted by Gasteiger charge is -2.11. The van der Waals surface area contributed by atoms with Crippen LogP contribution in [0, 0.1) is 0 Å². The molecule has 0 saturated carbocycles. The first-order chi connectivity index (χ1) is 10.2. The molecule has 1 atom stereocenters. The molecule has 114 valence electrons. The summed E-state index contributed by atoms with van der Waals surface area (Å²) in [6.07, 6.45) is 6.19. The highest BCUT2D eigenvalue weighted by molar-refractivity contribution is 5.84. The van der Waals surface area contributed by atoms with Crippen molar-refractivity contribution in [3.63, 3.8) is 0 Å². The zero-order valence-corrected chi connectivity index (χ0v) is 13.1. The standard InChI is InChI=1S/C18H26N2O/c1-14(2)19-10-9-15-12-20(13-16-6-5-11-21-16)18-8-4-3-7-17(15)18/h3-4,7-8,12,14,16,19H,5-6,9-11,13H2,1-2H3. The van der Waals surface area contributed by atoms with E-state index >= 15 is 0 Å². The van der Waals surface area contributed by atoms with Crippen molar-refractivity contribution in [2.24, 2.45) is 0 Å². The van der Waals surface area contributed by atoms with Crippen molar-refractivity contribution in [2.75, 3.05) is 13.2 Å². The quantitative estimate of drug-likeness (QED) is 0.881. The predicted octanol–water partition coefficient (Wildman–Crippen LogP) is 3.36. The first kappa shape index (κ1) is 14.6. The summed E-state index contributed by atoms with van der Waals surface area (Å²) in [5.74, 6) is 0. The first-order valence-electron chi connectivity index (χ1n) is 8.16. The fourth-order valence-corrected chi connectivity index (χ4v) is 3.18. The molecular weight excluding hydrogens is 260 g/mol. The van der Waals surface area contributed by atoms with Gasteiger partial charge in [-0.1, -0.05) is 32.0 Å². The summed E-state index contributed by atoms with van der Waals surface area (Å²) >= 11 is 0. The average molecular weight is 286 g/mol. The van der Waals surface area contributed by atoms with Crippen molar-refractivity contribution in [1.29, 1.82) is 0 Å². The number of ether oxygens (including phenoxy) is 1. The molecule has 2 aromatic rings. The third-order valence-corrected chi connectivity index (χ3v) is 4.24. The van der Waals surface area contributed by atoms with Gasteiger partial charge in [0.25, 0.3) is 0 Å². The summed E-state index contributed by atoms with van der Waals surface area (Å²) in [5.41, 5.74) is 2.78. The van der Waals surface area contributed by atoms with Crippen molar-refractivity contribution in [3.05, 3.63) is 36.0 Å². The minimum absolute atomic E-state index is 0.391. The molecule has 1 unspecified atom stereocenters. The van der Waals surface area contributed by atoms with Crippen molar-refractivity contribution in [3.8, 4) is 0 Å². The summed E-state index contributed by atoms with van der Waals surface area (Å²) in [6, 6.07) is 9.28. The number of nitrogens with one attached hydrogen (secondary N) is 1. The fourth-order valence-electron chi connectivity index (χ4n) is 3.18. The van der Waals surface area contributed by atoms with Crippen LogP contribution in [0.3, 0.4) is 0 Å². The molecule has 1 aromatic heterocycles. The monoisotopic (exact) mass is 286 g/mol. The molecular formula is C18H26N2O. The Labute approximate surface area is 127 Å². The molecule has 0 radical (unpaired) electrons. The number of rotatable bonds is 6. The van der Waals surface area contributed by atoms with Crippen molar-refractivity contribution in [1.82, 2.24) is 9.88 Å². The minimum Gasteiger partial charge on any atom is -0.376 e. The Morgan fingerprint density at radius 1 is 1.33 bits per heavy atom. The molecule has 3 nitrogen and oxygen atoms in total. The Morgan fingerprint density at radius 2 is 2.19 bits per heavy atom. The maximum atomic E-state index is 5.79. The highest BCUT2D eigenvalue weighted by Gasteiger charge is 2.17. The van der Waals surface area contributed by atoms with Gasteiger partial charge < -0.3 is 14.6 Å². The number of nitrogens with zero attached hydrogens (tertiary/aromatic N) is 1. The smallest absolute Gasteiger partial charge is 0.0754 e. The Hall–Kier alpha value is -1.32. The number of fused-ring (bicyclic) bond motifs is 1. The maximum Gasteiger partial charge on any atom is 0.0754 e. The molecule has 3 heteroatoms. The van der Waals surface area contributed by atoms with Gasteiger partial charge in [-0.25, -0.2) is 0 Å². The van der Waals surface area contributed by atoms with E-state index in [1.54, 1.807) is 0 Å². The second-order valence-electron chi connectivity index (χ2n) is 6.32. The molecule has 0 amide bonds. The second-order valence-corrected chi connectivity index (χ2v) is 6.32. The van der Waals surface area contributed by atoms with Crippen LogP contribution in [-0.4, -0.2) is 29.9 Å². The summed E-state index contributed by atoms with van der Waals surface area (Å²) in [4.78, 5) is 0. The van der Waals surface area contributed by atoms with Crippen LogP contribution in [-0.2, 0) is 17.7 Å². The van der Waals surface area contributed by atoms with Gasteiger partial charge >= 0.3 is 0 Å². The van der Waals surface area contributed by atoms with E-state index in [1.165, 1.54) is 29.3 Å². The number of benzene rings is 1. The van der Waals surface area contributed by atoms with Crippen LogP contribution in [0.1, 0.15) is 32.3 Å². The van der Waals surface area contributed by atoms with Gasteiger partial charge in [0.2, 0.25) is 0 Å². The lowest BCUT2D eigenvalue weighted by atomic mass is 10.1. The van der Waals surface area contributed by atoms with Gasteiger partial charge in [0.15, 0.2) is 0 Å². The lowest BCUT2D eigenvalue weighted by molar-refractivity contribution is 0.0980. The summed E-state index contributed by atoms with van der Waals surface area (Å²) in [5, 5.41) is 4.90. The van der Waals surface area contributed by atoms with Gasteiger partial charge in [0.1, 0.15) is 0 Å². The van der Waals surface area contributed by atoms with Gasteiger partial charge in [-0.2, -0.15) is 0 Å². The maximum absolute atomic E-state index is 5.79. The Balaban J connectivity index is 1.79. The molecule has 0 bridgehead atoms. The number of hydrogen-bond donors (Lipinski definition) is 1. The highest BCUT2D eigenvalue weighted by atomic mass is 16.5. The zero-order chi connectivity index (χ0) is 14.7. The molecule has 1 N–H and O–H groups in total. The normalized spacial score (nSPS) is 18.9. The third kappa shape index (κ3) is 3.47. The molecule has 1 aromatic carbocycles. The predicted molar refractivity (Wildman–Crippen MR) is 87.8 cm³/mol. The van der Waals surface area contributed by atoms with Crippen LogP contribution in [0.15, 0.2) is 30.5 Å². The SMILES string of the molecule is CC(C)NCCc1cn(CC2CCCO2)c2ccccc12. The van der Waals surface area contributed by atoms with Crippen LogP contribution >= 0.6 is 0 Å². The lowest BCUT2D eigenvalue weighted by Crippen LogP contribution is -2.24. The van der Waals surface area contributed by atoms with Crippen LogP contribution in [0.4, 0.5) is 0 Å². The summed E-state index contributed by atoms with van der Waals surface area (Å²) < 4.78 is 8.18. The zero-order valence-electron chi connectivity index (χ0n) is 13.1. The van der Waals surface area contributed by atoms with Crippen molar-refractivity contribution in [2.45, 2.75) is 51.8 Å². The first-order valence-corrected chi connectivity index (χ1v) is 8.16. The Kier molecular flexibility index (Phi) is 4.61. The van der Waals surface area contributed by atoms with E-state index in [0.29, 0.717) is 12.1 Å². The van der Waals surface area contributed by atoms with Gasteiger partial charge in [-0.15, -0.1) is 0 Å². The van der Waals surface area contributed by atoms with E-state index in [2.05, 4.69) is 54.2 Å². The van der Waals surface area contributed by atoms with Crippen LogP contribution in [0.25, 0.3) is 10.9 Å². The topological polar surface area (TPSA) is 26.2 Å². The molecule has 1 aliphatic heterocycles. The molecule has 0 spiro atoms. The van der Waals surface area contributed by atoms with E-state index in [1.807, 2.05) is 0 Å². The van der Waals surface area contributed by atoms with Crippen molar-refractivity contribution < 1.29 is 4.74 Å². The number of aromatic nitrogens is 1.